The molecule has 0 saturated carbocycles. The molecule has 5 atom stereocenters. The monoisotopic (exact) mass is 1580 g/mol. The number of phosphoric acid groups is 2. The van der Waals surface area contributed by atoms with Crippen LogP contribution in [0, 0.1) is 0 Å². The Hall–Kier alpha value is -5.84. The molecule has 0 aromatic rings. The van der Waals surface area contributed by atoms with Gasteiger partial charge in [-0.2, -0.15) is 0 Å². The van der Waals surface area contributed by atoms with Gasteiger partial charge in [-0.1, -0.05) is 300 Å². The first-order chi connectivity index (χ1) is 53.7. The fraction of sp³-hybridized carbons (Fsp3) is 0.626. The van der Waals surface area contributed by atoms with Gasteiger partial charge in [0, 0.05) is 25.7 Å². The Labute approximate surface area is 666 Å². The van der Waals surface area contributed by atoms with E-state index in [4.69, 9.17) is 37.0 Å². The van der Waals surface area contributed by atoms with Crippen LogP contribution >= 0.6 is 15.6 Å². The molecule has 0 aliphatic carbocycles. The SMILES string of the molecule is CCCCC/C=C\C/C=C\C/C=C\C/C=C\C/C=C\CCC(=O)OC[C@H](COP(=O)(O)OC[C@@H](O)COP(=O)(O)OC[C@@H](COC(=O)CCC/C=C\C/C=C\C/C=C\C/C=C\CCCCC)OC(=O)CCCCCCC/C=C\CCCCCCCC)OC(=O)CC/C=C\C/C=C\C/C=C\C/C=C\C/C=C\CCCCC. The van der Waals surface area contributed by atoms with Crippen LogP contribution in [0.5, 0.6) is 0 Å². The molecule has 110 heavy (non-hydrogen) atoms. The zero-order valence-corrected chi connectivity index (χ0v) is 70.1. The first-order valence-electron chi connectivity index (χ1n) is 42.0. The average molecular weight is 1580 g/mol. The Balaban J connectivity index is 5.58. The summed E-state index contributed by atoms with van der Waals surface area (Å²) in [6, 6.07) is 0. The van der Waals surface area contributed by atoms with E-state index >= 15 is 0 Å². The second-order valence-electron chi connectivity index (χ2n) is 27.3. The van der Waals surface area contributed by atoms with Gasteiger partial charge in [-0.05, 0) is 167 Å². The van der Waals surface area contributed by atoms with Gasteiger partial charge in [0.05, 0.1) is 26.4 Å². The molecule has 3 N–H and O–H groups in total. The lowest BCUT2D eigenvalue weighted by molar-refractivity contribution is -0.161. The van der Waals surface area contributed by atoms with E-state index in [2.05, 4.69) is 161 Å². The second kappa shape index (κ2) is 81.2. The van der Waals surface area contributed by atoms with Crippen LogP contribution in [0.4, 0.5) is 0 Å². The summed E-state index contributed by atoms with van der Waals surface area (Å²) in [6.45, 7) is 4.54. The van der Waals surface area contributed by atoms with E-state index < -0.39 is 97.5 Å². The number of hydrogen-bond donors (Lipinski definition) is 3. The van der Waals surface area contributed by atoms with E-state index in [9.17, 15) is 43.2 Å². The molecule has 0 heterocycles. The number of aliphatic hydroxyl groups excluding tert-OH is 1. The number of hydrogen-bond acceptors (Lipinski definition) is 15. The quantitative estimate of drug-likeness (QED) is 0.0169. The van der Waals surface area contributed by atoms with E-state index in [-0.39, 0.29) is 25.7 Å². The first-order valence-corrected chi connectivity index (χ1v) is 45.0. The maximum Gasteiger partial charge on any atom is 0.472 e. The Bertz CT molecular complexity index is 2800. The number of allylic oxidation sites excluding steroid dienone is 30. The van der Waals surface area contributed by atoms with Gasteiger partial charge in [-0.25, -0.2) is 9.13 Å². The fourth-order valence-electron chi connectivity index (χ4n) is 10.4. The number of carbonyl (C=O) groups excluding carboxylic acids is 4. The van der Waals surface area contributed by atoms with Gasteiger partial charge in [-0.15, -0.1) is 0 Å². The second-order valence-corrected chi connectivity index (χ2v) is 30.3. The summed E-state index contributed by atoms with van der Waals surface area (Å²) in [5.74, 6) is -2.46. The van der Waals surface area contributed by atoms with Crippen molar-refractivity contribution in [3.8, 4) is 0 Å². The minimum Gasteiger partial charge on any atom is -0.462 e. The molecule has 624 valence electrons. The Kier molecular flexibility index (Phi) is 76.9. The van der Waals surface area contributed by atoms with Crippen LogP contribution < -0.4 is 0 Å². The minimum absolute atomic E-state index is 0.0145. The Morgan fingerprint density at radius 3 is 0.809 bits per heavy atom. The van der Waals surface area contributed by atoms with Crippen molar-refractivity contribution in [1.29, 1.82) is 0 Å². The summed E-state index contributed by atoms with van der Waals surface area (Å²) in [4.78, 5) is 73.1. The maximum absolute atomic E-state index is 13.1. The van der Waals surface area contributed by atoms with Crippen LogP contribution in [0.1, 0.15) is 310 Å². The zero-order chi connectivity index (χ0) is 80.3. The van der Waals surface area contributed by atoms with Gasteiger partial charge < -0.3 is 33.8 Å². The highest BCUT2D eigenvalue weighted by atomic mass is 31.2. The third kappa shape index (κ3) is 80.2. The summed E-state index contributed by atoms with van der Waals surface area (Å²) in [6.07, 6.45) is 99.0. The first kappa shape index (κ1) is 104. The molecule has 0 aliphatic rings. The van der Waals surface area contributed by atoms with Gasteiger partial charge >= 0.3 is 39.5 Å². The molecule has 19 heteroatoms. The van der Waals surface area contributed by atoms with Crippen molar-refractivity contribution in [2.75, 3.05) is 39.6 Å². The fourth-order valence-corrected chi connectivity index (χ4v) is 12.0. The molecular weight excluding hydrogens is 1430 g/mol. The van der Waals surface area contributed by atoms with Crippen LogP contribution in [0.25, 0.3) is 0 Å². The topological polar surface area (TPSA) is 237 Å². The Morgan fingerprint density at radius 2 is 0.473 bits per heavy atom. The number of phosphoric ester groups is 2. The minimum atomic E-state index is -5.03. The average Bonchev–Trinajstić information content (AvgIpc) is 0.900. The van der Waals surface area contributed by atoms with Crippen molar-refractivity contribution in [1.82, 2.24) is 0 Å². The molecular formula is C91H148O17P2. The van der Waals surface area contributed by atoms with Crippen LogP contribution in [-0.2, 0) is 65.4 Å². The van der Waals surface area contributed by atoms with Gasteiger partial charge in [0.2, 0.25) is 0 Å². The number of unbranched alkanes of at least 4 members (excludes halogenated alkanes) is 21. The molecule has 2 unspecified atom stereocenters. The smallest absolute Gasteiger partial charge is 0.462 e. The normalized spacial score (nSPS) is 14.7. The number of rotatable bonds is 77. The molecule has 0 rings (SSSR count). The van der Waals surface area contributed by atoms with Crippen molar-refractivity contribution >= 4 is 39.5 Å². The van der Waals surface area contributed by atoms with E-state index in [0.29, 0.717) is 44.9 Å². The summed E-state index contributed by atoms with van der Waals surface area (Å²) in [5, 5.41) is 10.7. The van der Waals surface area contributed by atoms with Crippen LogP contribution in [0.15, 0.2) is 182 Å². The highest BCUT2D eigenvalue weighted by molar-refractivity contribution is 7.47. The molecule has 0 saturated heterocycles. The summed E-state index contributed by atoms with van der Waals surface area (Å²) in [7, 11) is -10.0. The molecule has 0 fully saturated rings. The highest BCUT2D eigenvalue weighted by Gasteiger charge is 2.30. The Morgan fingerprint density at radius 1 is 0.255 bits per heavy atom. The van der Waals surface area contributed by atoms with Crippen molar-refractivity contribution in [2.45, 2.75) is 329 Å². The number of carbonyl (C=O) groups is 4. The third-order valence-corrected chi connectivity index (χ3v) is 18.7. The molecule has 0 radical (unpaired) electrons. The lowest BCUT2D eigenvalue weighted by atomic mass is 10.1. The molecule has 0 aliphatic heterocycles. The van der Waals surface area contributed by atoms with Gasteiger partial charge in [0.1, 0.15) is 19.3 Å². The summed E-state index contributed by atoms with van der Waals surface area (Å²) < 4.78 is 68.5. The molecule has 17 nitrogen and oxygen atoms in total. The lowest BCUT2D eigenvalue weighted by Gasteiger charge is -2.21. The van der Waals surface area contributed by atoms with E-state index in [1.165, 1.54) is 96.3 Å². The van der Waals surface area contributed by atoms with E-state index in [1.807, 2.05) is 48.6 Å². The predicted octanol–water partition coefficient (Wildman–Crippen LogP) is 25.1. The van der Waals surface area contributed by atoms with Crippen molar-refractivity contribution < 1.29 is 80.2 Å². The number of aliphatic hydroxyl groups is 1. The number of ether oxygens (including phenoxy) is 4. The molecule has 0 aromatic heterocycles. The van der Waals surface area contributed by atoms with Crippen LogP contribution in [0.3, 0.4) is 0 Å². The van der Waals surface area contributed by atoms with Gasteiger partial charge in [0.25, 0.3) is 0 Å². The molecule has 0 aromatic carbocycles. The maximum atomic E-state index is 13.1. The molecule has 0 amide bonds. The predicted molar refractivity (Wildman–Crippen MR) is 454 cm³/mol. The van der Waals surface area contributed by atoms with Crippen molar-refractivity contribution in [3.05, 3.63) is 182 Å². The van der Waals surface area contributed by atoms with Gasteiger partial charge in [-0.3, -0.25) is 37.3 Å². The summed E-state index contributed by atoms with van der Waals surface area (Å²) >= 11 is 0. The molecule has 0 spiro atoms. The standard InChI is InChI=1S/C91H148O17P2/c1-5-9-13-17-21-25-29-33-37-40-42-45-49-52-56-60-64-68-72-76-89(94)102-82-87(108-91(96)78-74-70-66-62-58-54-50-46-43-41-38-34-30-26-22-18-14-10-6-2)84-106-110(99,100)104-80-85(92)79-103-109(97,98)105-83-86(107-90(95)77-73-69-65-61-57-53-47-36-32-28-24-20-16-12-8-4)81-101-88(93)75-71-67-63-59-55-51-48-44-39-35-31-27-23-19-15-11-7-3/h21-23,25-27,33-39,42-43,45-48,51-52,54,56,58-59,63-64,66,68,70,85-87,92H,5-20,24,28-32,40-41,44,49-50,53,55,57,60-62,65,67,69,71-84H2,1-4H3,(H,97,98)(H,99,100)/b25-21-,26-22-,27-23-,37-33-,38-34-,39-35-,45-42-,46-43-,47-36-,51-48-,56-52-,58-54-,63-59-,68-64-,70-66-/t85-,86+,87+/m0/s1. The van der Waals surface area contributed by atoms with Crippen molar-refractivity contribution in [3.63, 3.8) is 0 Å². The summed E-state index contributed by atoms with van der Waals surface area (Å²) in [5.41, 5.74) is 0. The van der Waals surface area contributed by atoms with Crippen molar-refractivity contribution in [2.24, 2.45) is 0 Å². The van der Waals surface area contributed by atoms with Crippen LogP contribution in [0.2, 0.25) is 0 Å². The van der Waals surface area contributed by atoms with Gasteiger partial charge in [0.15, 0.2) is 12.2 Å². The van der Waals surface area contributed by atoms with E-state index in [1.54, 1.807) is 0 Å². The zero-order valence-electron chi connectivity index (χ0n) is 68.4. The molecule has 0 bridgehead atoms. The lowest BCUT2D eigenvalue weighted by Crippen LogP contribution is -2.30. The largest absolute Gasteiger partial charge is 0.472 e. The van der Waals surface area contributed by atoms with Crippen LogP contribution in [-0.4, -0.2) is 96.7 Å². The third-order valence-electron chi connectivity index (χ3n) is 16.8. The highest BCUT2D eigenvalue weighted by Crippen LogP contribution is 2.45. The van der Waals surface area contributed by atoms with E-state index in [0.717, 1.165) is 116 Å². The number of esters is 4.